The highest BCUT2D eigenvalue weighted by Gasteiger charge is 2.30. The van der Waals surface area contributed by atoms with E-state index in [0.29, 0.717) is 54.8 Å². The number of imidazole rings is 1. The third kappa shape index (κ3) is 4.66. The number of rotatable bonds is 6. The van der Waals surface area contributed by atoms with Crippen molar-refractivity contribution in [3.8, 4) is 0 Å². The Hall–Kier alpha value is -2.08. The zero-order chi connectivity index (χ0) is 22.9. The van der Waals surface area contributed by atoms with Gasteiger partial charge in [0.05, 0.1) is 34.7 Å². The molecule has 0 radical (unpaired) electrons. The Bertz CT molecular complexity index is 1220. The first-order valence-corrected chi connectivity index (χ1v) is 12.5. The van der Waals surface area contributed by atoms with Crippen molar-refractivity contribution >= 4 is 32.8 Å². The highest BCUT2D eigenvalue weighted by molar-refractivity contribution is 7.98. The summed E-state index contributed by atoms with van der Waals surface area (Å²) in [5.74, 6) is 0.312. The second kappa shape index (κ2) is 9.05. The maximum absolute atomic E-state index is 13.0. The van der Waals surface area contributed by atoms with Crippen molar-refractivity contribution in [2.24, 2.45) is 0 Å². The van der Waals surface area contributed by atoms with Gasteiger partial charge in [-0.25, -0.2) is 13.4 Å². The van der Waals surface area contributed by atoms with E-state index in [0.717, 1.165) is 17.6 Å². The van der Waals surface area contributed by atoms with Crippen LogP contribution in [0.1, 0.15) is 18.1 Å². The summed E-state index contributed by atoms with van der Waals surface area (Å²) in [5, 5.41) is 0.626. The number of aromatic nitrogens is 2. The molecule has 172 valence electrons. The molecule has 4 rings (SSSR count). The van der Waals surface area contributed by atoms with Crippen molar-refractivity contribution in [2.75, 3.05) is 26.3 Å². The van der Waals surface area contributed by atoms with E-state index in [1.54, 1.807) is 24.3 Å². The number of halogens is 3. The average Bonchev–Trinajstić information content (AvgIpc) is 3.14. The fraction of sp³-hybridized carbons (Fsp3) is 0.381. The summed E-state index contributed by atoms with van der Waals surface area (Å²) >= 11 is 1.32. The summed E-state index contributed by atoms with van der Waals surface area (Å²) in [7, 11) is -3.65. The summed E-state index contributed by atoms with van der Waals surface area (Å²) in [6.07, 6.45) is -4.39. The number of hydrogen-bond donors (Lipinski definition) is 0. The number of nitrogens with zero attached hydrogens (tertiary/aromatic N) is 3. The van der Waals surface area contributed by atoms with Crippen molar-refractivity contribution in [2.45, 2.75) is 35.4 Å². The van der Waals surface area contributed by atoms with Crippen molar-refractivity contribution in [1.29, 1.82) is 0 Å². The number of morpholine rings is 1. The summed E-state index contributed by atoms with van der Waals surface area (Å²) < 4.78 is 73.4. The monoisotopic (exact) mass is 485 g/mol. The van der Waals surface area contributed by atoms with Crippen LogP contribution in [0.4, 0.5) is 13.2 Å². The van der Waals surface area contributed by atoms with Crippen LogP contribution in [-0.2, 0) is 33.2 Å². The van der Waals surface area contributed by atoms with E-state index in [1.165, 1.54) is 22.1 Å². The first-order chi connectivity index (χ1) is 15.2. The number of ether oxygens (including phenoxy) is 1. The minimum Gasteiger partial charge on any atom is -0.379 e. The van der Waals surface area contributed by atoms with Crippen LogP contribution < -0.4 is 0 Å². The Kier molecular flexibility index (Phi) is 6.53. The Balaban J connectivity index is 1.60. The van der Waals surface area contributed by atoms with E-state index in [2.05, 4.69) is 4.98 Å². The van der Waals surface area contributed by atoms with E-state index < -0.39 is 21.8 Å². The molecule has 32 heavy (non-hydrogen) atoms. The van der Waals surface area contributed by atoms with Crippen molar-refractivity contribution in [1.82, 2.24) is 13.9 Å². The van der Waals surface area contributed by atoms with Gasteiger partial charge in [-0.15, -0.1) is 0 Å². The van der Waals surface area contributed by atoms with Gasteiger partial charge in [-0.05, 0) is 36.8 Å². The van der Waals surface area contributed by atoms with Crippen LogP contribution in [0.5, 0.6) is 0 Å². The molecule has 6 nitrogen and oxygen atoms in total. The van der Waals surface area contributed by atoms with E-state index in [4.69, 9.17) is 4.74 Å². The smallest absolute Gasteiger partial charge is 0.379 e. The third-order valence-electron chi connectivity index (χ3n) is 5.23. The summed E-state index contributed by atoms with van der Waals surface area (Å²) in [6.45, 7) is 3.87. The van der Waals surface area contributed by atoms with Crippen molar-refractivity contribution in [3.63, 3.8) is 0 Å². The summed E-state index contributed by atoms with van der Waals surface area (Å²) in [6, 6.07) is 10.1. The first kappa shape index (κ1) is 23.1. The van der Waals surface area contributed by atoms with E-state index in [9.17, 15) is 21.6 Å². The quantitative estimate of drug-likeness (QED) is 0.485. The van der Waals surface area contributed by atoms with Crippen LogP contribution >= 0.6 is 11.8 Å². The van der Waals surface area contributed by atoms with Crippen molar-refractivity contribution in [3.05, 3.63) is 53.6 Å². The van der Waals surface area contributed by atoms with Crippen LogP contribution in [0, 0.1) is 0 Å². The highest BCUT2D eigenvalue weighted by Crippen LogP contribution is 2.32. The van der Waals surface area contributed by atoms with Gasteiger partial charge in [-0.3, -0.25) is 0 Å². The average molecular weight is 486 g/mol. The largest absolute Gasteiger partial charge is 0.416 e. The minimum absolute atomic E-state index is 0.169. The Morgan fingerprint density at radius 3 is 2.56 bits per heavy atom. The lowest BCUT2D eigenvalue weighted by Crippen LogP contribution is -2.40. The van der Waals surface area contributed by atoms with E-state index >= 15 is 0 Å². The lowest BCUT2D eigenvalue weighted by Gasteiger charge is -2.26. The number of fused-ring (bicyclic) bond motifs is 1. The molecule has 0 amide bonds. The second-order valence-corrected chi connectivity index (χ2v) is 10.2. The predicted octanol–water partition coefficient (Wildman–Crippen LogP) is 4.39. The SMILES string of the molecule is CCn1c(SCc2cccc(C(F)(F)F)c2)nc2cc(S(=O)(=O)N3CCOCC3)ccc21. The molecule has 2 aromatic carbocycles. The molecule has 11 heteroatoms. The molecule has 0 aliphatic carbocycles. The number of benzene rings is 2. The molecule has 1 aliphatic heterocycles. The van der Waals surface area contributed by atoms with Gasteiger partial charge < -0.3 is 9.30 Å². The van der Waals surface area contributed by atoms with Crippen LogP contribution in [0.25, 0.3) is 11.0 Å². The molecule has 1 aliphatic rings. The molecular formula is C21H22F3N3O3S2. The zero-order valence-electron chi connectivity index (χ0n) is 17.3. The third-order valence-corrected chi connectivity index (χ3v) is 8.17. The predicted molar refractivity (Wildman–Crippen MR) is 116 cm³/mol. The van der Waals surface area contributed by atoms with Crippen LogP contribution in [0.2, 0.25) is 0 Å². The summed E-state index contributed by atoms with van der Waals surface area (Å²) in [4.78, 5) is 4.75. The zero-order valence-corrected chi connectivity index (χ0v) is 18.9. The van der Waals surface area contributed by atoms with Gasteiger partial charge in [0, 0.05) is 25.4 Å². The maximum Gasteiger partial charge on any atom is 0.416 e. The number of sulfonamides is 1. The molecule has 0 atom stereocenters. The minimum atomic E-state index is -4.39. The van der Waals surface area contributed by atoms with E-state index in [-0.39, 0.29) is 4.90 Å². The number of alkyl halides is 3. The fourth-order valence-electron chi connectivity index (χ4n) is 3.59. The van der Waals surface area contributed by atoms with Crippen molar-refractivity contribution < 1.29 is 26.3 Å². The lowest BCUT2D eigenvalue weighted by atomic mass is 10.1. The maximum atomic E-state index is 13.0. The van der Waals surface area contributed by atoms with Gasteiger partial charge in [0.2, 0.25) is 10.0 Å². The second-order valence-electron chi connectivity index (χ2n) is 7.29. The molecule has 1 fully saturated rings. The topological polar surface area (TPSA) is 64.4 Å². The lowest BCUT2D eigenvalue weighted by molar-refractivity contribution is -0.137. The van der Waals surface area contributed by atoms with E-state index in [1.807, 2.05) is 11.5 Å². The van der Waals surface area contributed by atoms with Gasteiger partial charge in [0.1, 0.15) is 0 Å². The van der Waals surface area contributed by atoms with Crippen LogP contribution in [0.3, 0.4) is 0 Å². The molecule has 0 bridgehead atoms. The van der Waals surface area contributed by atoms with Gasteiger partial charge in [0.25, 0.3) is 0 Å². The molecule has 2 heterocycles. The molecule has 1 aromatic heterocycles. The van der Waals surface area contributed by atoms with Gasteiger partial charge in [0.15, 0.2) is 5.16 Å². The van der Waals surface area contributed by atoms with Gasteiger partial charge >= 0.3 is 6.18 Å². The van der Waals surface area contributed by atoms with Crippen LogP contribution in [0.15, 0.2) is 52.5 Å². The molecule has 0 unspecified atom stereocenters. The first-order valence-electron chi connectivity index (χ1n) is 10.1. The number of hydrogen-bond acceptors (Lipinski definition) is 5. The normalized spacial score (nSPS) is 16.0. The Labute approximate surface area is 188 Å². The molecule has 0 spiro atoms. The number of thioether (sulfide) groups is 1. The fourth-order valence-corrected chi connectivity index (χ4v) is 6.04. The molecule has 0 saturated carbocycles. The Morgan fingerprint density at radius 2 is 1.88 bits per heavy atom. The molecule has 3 aromatic rings. The summed E-state index contributed by atoms with van der Waals surface area (Å²) in [5.41, 5.74) is 1.17. The molecule has 0 N–H and O–H groups in total. The van der Waals surface area contributed by atoms with Crippen LogP contribution in [-0.4, -0.2) is 48.6 Å². The molecule has 1 saturated heterocycles. The standard InChI is InChI=1S/C21H22F3N3O3S2/c1-2-27-19-7-6-17(32(28,29)26-8-10-30-11-9-26)13-18(19)25-20(27)31-14-15-4-3-5-16(12-15)21(22,23)24/h3-7,12-13H,2,8-11,14H2,1H3. The number of aryl methyl sites for hydroxylation is 1. The van der Waals surface area contributed by atoms with Gasteiger partial charge in [-0.2, -0.15) is 17.5 Å². The molecular weight excluding hydrogens is 463 g/mol. The Morgan fingerprint density at radius 1 is 1.12 bits per heavy atom. The van der Waals surface area contributed by atoms with Gasteiger partial charge in [-0.1, -0.05) is 30.0 Å². The highest BCUT2D eigenvalue weighted by atomic mass is 32.2.